The summed E-state index contributed by atoms with van der Waals surface area (Å²) in [4.78, 5) is 13.8. The Balaban J connectivity index is 2.58. The Hall–Kier alpha value is -1.38. The summed E-state index contributed by atoms with van der Waals surface area (Å²) in [6.07, 6.45) is -4.57. The molecule has 0 saturated heterocycles. The number of carbonyl (C=O) groups is 1. The molecule has 1 heterocycles. The SMILES string of the molecule is COC(=O)CNc1nc(C(F)(F)F)ns1. The van der Waals surface area contributed by atoms with E-state index in [1.54, 1.807) is 0 Å². The van der Waals surface area contributed by atoms with Crippen LogP contribution in [0.1, 0.15) is 5.82 Å². The fraction of sp³-hybridized carbons (Fsp3) is 0.500. The van der Waals surface area contributed by atoms with Crippen LogP contribution in [-0.4, -0.2) is 29.0 Å². The number of hydrogen-bond donors (Lipinski definition) is 1. The van der Waals surface area contributed by atoms with E-state index in [0.717, 1.165) is 0 Å². The molecule has 0 radical (unpaired) electrons. The first-order valence-corrected chi connectivity index (χ1v) is 4.42. The maximum atomic E-state index is 12.0. The maximum absolute atomic E-state index is 12.0. The van der Waals surface area contributed by atoms with E-state index in [1.807, 2.05) is 0 Å². The first-order valence-electron chi connectivity index (χ1n) is 3.65. The lowest BCUT2D eigenvalue weighted by Gasteiger charge is -2.00. The molecule has 0 fully saturated rings. The Morgan fingerprint density at radius 3 is 2.73 bits per heavy atom. The normalized spacial score (nSPS) is 11.2. The molecule has 1 rings (SSSR count). The van der Waals surface area contributed by atoms with Crippen LogP contribution >= 0.6 is 11.5 Å². The van der Waals surface area contributed by atoms with Crippen molar-refractivity contribution in [2.75, 3.05) is 19.0 Å². The van der Waals surface area contributed by atoms with Gasteiger partial charge in [0.05, 0.1) is 7.11 Å². The number of rotatable bonds is 3. The minimum atomic E-state index is -4.57. The fourth-order valence-corrected chi connectivity index (χ4v) is 1.21. The minimum Gasteiger partial charge on any atom is -0.468 e. The number of halogens is 3. The van der Waals surface area contributed by atoms with Crippen LogP contribution in [0.3, 0.4) is 0 Å². The first kappa shape index (κ1) is 11.7. The second kappa shape index (κ2) is 4.43. The summed E-state index contributed by atoms with van der Waals surface area (Å²) in [5, 5.41) is 2.28. The molecule has 1 N–H and O–H groups in total. The summed E-state index contributed by atoms with van der Waals surface area (Å²) in [7, 11) is 1.17. The van der Waals surface area contributed by atoms with E-state index >= 15 is 0 Å². The summed E-state index contributed by atoms with van der Waals surface area (Å²) in [5.41, 5.74) is 0. The zero-order valence-electron chi connectivity index (χ0n) is 7.46. The van der Waals surface area contributed by atoms with Crippen LogP contribution in [0.15, 0.2) is 0 Å². The highest BCUT2D eigenvalue weighted by atomic mass is 32.1. The van der Waals surface area contributed by atoms with Gasteiger partial charge in [0, 0.05) is 11.5 Å². The molecule has 5 nitrogen and oxygen atoms in total. The molecule has 9 heteroatoms. The van der Waals surface area contributed by atoms with Crippen molar-refractivity contribution in [2.45, 2.75) is 6.18 Å². The van der Waals surface area contributed by atoms with Crippen molar-refractivity contribution in [1.29, 1.82) is 0 Å². The van der Waals surface area contributed by atoms with E-state index < -0.39 is 18.0 Å². The standard InChI is InChI=1S/C6H6F3N3O2S/c1-14-3(13)2-10-5-11-4(12-15-5)6(7,8)9/h2H2,1H3,(H,10,11,12). The van der Waals surface area contributed by atoms with Gasteiger partial charge in [0.15, 0.2) is 0 Å². The van der Waals surface area contributed by atoms with Crippen molar-refractivity contribution < 1.29 is 22.7 Å². The molecule has 1 aromatic heterocycles. The van der Waals surface area contributed by atoms with Crippen LogP contribution in [0.4, 0.5) is 18.3 Å². The second-order valence-corrected chi connectivity index (χ2v) is 3.10. The Morgan fingerprint density at radius 2 is 2.27 bits per heavy atom. The number of nitrogens with one attached hydrogen (secondary N) is 1. The van der Waals surface area contributed by atoms with Crippen molar-refractivity contribution in [1.82, 2.24) is 9.36 Å². The van der Waals surface area contributed by atoms with Crippen LogP contribution in [0.5, 0.6) is 0 Å². The monoisotopic (exact) mass is 241 g/mol. The van der Waals surface area contributed by atoms with Gasteiger partial charge in [0.2, 0.25) is 11.0 Å². The zero-order chi connectivity index (χ0) is 11.5. The zero-order valence-corrected chi connectivity index (χ0v) is 8.28. The van der Waals surface area contributed by atoms with Crippen LogP contribution < -0.4 is 5.32 Å². The molecule has 84 valence electrons. The van der Waals surface area contributed by atoms with Gasteiger partial charge in [-0.15, -0.1) is 0 Å². The van der Waals surface area contributed by atoms with Crippen LogP contribution in [0.25, 0.3) is 0 Å². The van der Waals surface area contributed by atoms with Gasteiger partial charge in [-0.2, -0.15) is 22.5 Å². The van der Waals surface area contributed by atoms with E-state index in [-0.39, 0.29) is 11.7 Å². The minimum absolute atomic E-state index is 0.0762. The summed E-state index contributed by atoms with van der Waals surface area (Å²) < 4.78 is 43.4. The molecule has 1 aromatic rings. The van der Waals surface area contributed by atoms with Gasteiger partial charge < -0.3 is 10.1 Å². The van der Waals surface area contributed by atoms with E-state index in [0.29, 0.717) is 11.5 Å². The second-order valence-electron chi connectivity index (χ2n) is 2.35. The number of methoxy groups -OCH3 is 1. The lowest BCUT2D eigenvalue weighted by Crippen LogP contribution is -2.15. The molecule has 0 unspecified atom stereocenters. The summed E-state index contributed by atoms with van der Waals surface area (Å²) in [6.45, 7) is -0.247. The molecular formula is C6H6F3N3O2S. The van der Waals surface area contributed by atoms with Crippen molar-refractivity contribution in [3.05, 3.63) is 5.82 Å². The molecule has 15 heavy (non-hydrogen) atoms. The van der Waals surface area contributed by atoms with E-state index in [9.17, 15) is 18.0 Å². The summed E-state index contributed by atoms with van der Waals surface area (Å²) in [5.74, 6) is -1.82. The van der Waals surface area contributed by atoms with Crippen molar-refractivity contribution in [3.8, 4) is 0 Å². The van der Waals surface area contributed by atoms with Crippen LogP contribution in [-0.2, 0) is 15.7 Å². The largest absolute Gasteiger partial charge is 0.468 e. The van der Waals surface area contributed by atoms with E-state index in [4.69, 9.17) is 0 Å². The predicted octanol–water partition coefficient (Wildman–Crippen LogP) is 1.14. The van der Waals surface area contributed by atoms with Gasteiger partial charge in [0.1, 0.15) is 6.54 Å². The lowest BCUT2D eigenvalue weighted by atomic mass is 10.6. The number of carbonyl (C=O) groups excluding carboxylic acids is 1. The number of esters is 1. The highest BCUT2D eigenvalue weighted by molar-refractivity contribution is 7.09. The van der Waals surface area contributed by atoms with Crippen molar-refractivity contribution in [3.63, 3.8) is 0 Å². The summed E-state index contributed by atoms with van der Waals surface area (Å²) in [6, 6.07) is 0. The maximum Gasteiger partial charge on any atom is 0.452 e. The van der Waals surface area contributed by atoms with Crippen LogP contribution in [0.2, 0.25) is 0 Å². The number of aromatic nitrogens is 2. The van der Waals surface area contributed by atoms with Gasteiger partial charge >= 0.3 is 12.1 Å². The van der Waals surface area contributed by atoms with Gasteiger partial charge in [-0.05, 0) is 0 Å². The topological polar surface area (TPSA) is 64.1 Å². The Morgan fingerprint density at radius 1 is 1.60 bits per heavy atom. The number of alkyl halides is 3. The van der Waals surface area contributed by atoms with E-state index in [1.165, 1.54) is 7.11 Å². The first-order chi connectivity index (χ1) is 6.93. The smallest absolute Gasteiger partial charge is 0.452 e. The van der Waals surface area contributed by atoms with Crippen molar-refractivity contribution >= 4 is 22.6 Å². The molecule has 0 aliphatic rings. The molecule has 0 aromatic carbocycles. The quantitative estimate of drug-likeness (QED) is 0.804. The van der Waals surface area contributed by atoms with Gasteiger partial charge in [-0.3, -0.25) is 4.79 Å². The number of anilines is 1. The molecule has 0 atom stereocenters. The molecule has 0 spiro atoms. The number of hydrogen-bond acceptors (Lipinski definition) is 6. The molecule has 0 aliphatic carbocycles. The van der Waals surface area contributed by atoms with Gasteiger partial charge in [-0.1, -0.05) is 0 Å². The highest BCUT2D eigenvalue weighted by Crippen LogP contribution is 2.28. The average molecular weight is 241 g/mol. The lowest BCUT2D eigenvalue weighted by molar-refractivity contribution is -0.144. The third-order valence-corrected chi connectivity index (χ3v) is 1.96. The summed E-state index contributed by atoms with van der Waals surface area (Å²) >= 11 is 0.529. The Labute approximate surface area is 86.4 Å². The van der Waals surface area contributed by atoms with Gasteiger partial charge in [0.25, 0.3) is 0 Å². The third-order valence-electron chi connectivity index (χ3n) is 1.29. The Bertz CT molecular complexity index is 352. The third kappa shape index (κ3) is 3.35. The molecule has 0 amide bonds. The fourth-order valence-electron chi connectivity index (χ4n) is 0.630. The van der Waals surface area contributed by atoms with Crippen molar-refractivity contribution in [2.24, 2.45) is 0 Å². The Kier molecular flexibility index (Phi) is 3.45. The highest BCUT2D eigenvalue weighted by Gasteiger charge is 2.36. The molecular weight excluding hydrogens is 235 g/mol. The molecule has 0 saturated carbocycles. The molecule has 0 bridgehead atoms. The van der Waals surface area contributed by atoms with Crippen LogP contribution in [0, 0.1) is 0 Å². The van der Waals surface area contributed by atoms with E-state index in [2.05, 4.69) is 19.4 Å². The molecule has 0 aliphatic heterocycles. The predicted molar refractivity (Wildman–Crippen MR) is 45.4 cm³/mol. The average Bonchev–Trinajstić information content (AvgIpc) is 2.61. The van der Waals surface area contributed by atoms with Gasteiger partial charge in [-0.25, -0.2) is 0 Å². The number of ether oxygens (including phenoxy) is 1. The number of nitrogens with zero attached hydrogens (tertiary/aromatic N) is 2.